The SMILES string of the molecule is C=C1C=CC2=C(Cl)C=C3[C@H](CC[C@@]4(C)[C@H]3CC[C@]4(O)C(C)=O)[C@@]2(C)C1=C. The van der Waals surface area contributed by atoms with Gasteiger partial charge in [-0.1, -0.05) is 56.3 Å². The lowest BCUT2D eigenvalue weighted by Gasteiger charge is -2.55. The lowest BCUT2D eigenvalue weighted by atomic mass is 9.49. The maximum absolute atomic E-state index is 12.3. The minimum absolute atomic E-state index is 0.107. The van der Waals surface area contributed by atoms with E-state index in [9.17, 15) is 9.90 Å². The molecule has 138 valence electrons. The Kier molecular flexibility index (Phi) is 3.69. The van der Waals surface area contributed by atoms with Crippen molar-refractivity contribution >= 4 is 17.4 Å². The molecule has 3 heteroatoms. The Morgan fingerprint density at radius 3 is 2.50 bits per heavy atom. The van der Waals surface area contributed by atoms with E-state index in [2.05, 4.69) is 39.2 Å². The van der Waals surface area contributed by atoms with E-state index >= 15 is 0 Å². The van der Waals surface area contributed by atoms with Crippen molar-refractivity contribution < 1.29 is 9.90 Å². The van der Waals surface area contributed by atoms with Gasteiger partial charge in [-0.25, -0.2) is 0 Å². The number of Topliss-reactive ketones (excluding diaryl/α,β-unsaturated/α-hetero) is 1. The topological polar surface area (TPSA) is 37.3 Å². The van der Waals surface area contributed by atoms with Gasteiger partial charge >= 0.3 is 0 Å². The van der Waals surface area contributed by atoms with Crippen LogP contribution in [0.4, 0.5) is 0 Å². The average Bonchev–Trinajstić information content (AvgIpc) is 2.85. The van der Waals surface area contributed by atoms with Crippen LogP contribution >= 0.6 is 11.6 Å². The van der Waals surface area contributed by atoms with E-state index in [0.29, 0.717) is 12.3 Å². The predicted octanol–water partition coefficient (Wildman–Crippen LogP) is 5.25. The van der Waals surface area contributed by atoms with Crippen LogP contribution in [0, 0.1) is 22.7 Å². The molecule has 0 aliphatic heterocycles. The van der Waals surface area contributed by atoms with Crippen LogP contribution in [0.5, 0.6) is 0 Å². The zero-order chi connectivity index (χ0) is 19.1. The monoisotopic (exact) mass is 370 g/mol. The Balaban J connectivity index is 1.87. The third-order valence-corrected chi connectivity index (χ3v) is 8.43. The van der Waals surface area contributed by atoms with Gasteiger partial charge in [0.25, 0.3) is 0 Å². The summed E-state index contributed by atoms with van der Waals surface area (Å²) in [5, 5.41) is 12.0. The fourth-order valence-corrected chi connectivity index (χ4v) is 6.70. The van der Waals surface area contributed by atoms with Gasteiger partial charge in [-0.15, -0.1) is 0 Å². The molecule has 0 unspecified atom stereocenters. The number of fused-ring (bicyclic) bond motifs is 5. The van der Waals surface area contributed by atoms with Gasteiger partial charge in [0.2, 0.25) is 0 Å². The van der Waals surface area contributed by atoms with Gasteiger partial charge in [-0.3, -0.25) is 4.79 Å². The molecular weight excluding hydrogens is 344 g/mol. The Morgan fingerprint density at radius 2 is 1.85 bits per heavy atom. The molecule has 0 aromatic heterocycles. The van der Waals surface area contributed by atoms with Crippen LogP contribution < -0.4 is 0 Å². The molecule has 4 aliphatic carbocycles. The lowest BCUT2D eigenvalue weighted by Crippen LogP contribution is -2.54. The van der Waals surface area contributed by atoms with E-state index in [-0.39, 0.29) is 17.1 Å². The number of carbonyl (C=O) groups is 1. The van der Waals surface area contributed by atoms with Crippen LogP contribution in [0.3, 0.4) is 0 Å². The highest BCUT2D eigenvalue weighted by Gasteiger charge is 2.64. The van der Waals surface area contributed by atoms with Crippen molar-refractivity contribution in [3.63, 3.8) is 0 Å². The van der Waals surface area contributed by atoms with E-state index in [1.54, 1.807) is 0 Å². The Labute approximate surface area is 161 Å². The highest BCUT2D eigenvalue weighted by molar-refractivity contribution is 6.32. The summed E-state index contributed by atoms with van der Waals surface area (Å²) >= 11 is 6.73. The molecule has 2 fully saturated rings. The van der Waals surface area contributed by atoms with Crippen molar-refractivity contribution in [2.45, 2.75) is 52.1 Å². The van der Waals surface area contributed by atoms with Crippen LogP contribution in [0.2, 0.25) is 0 Å². The first-order chi connectivity index (χ1) is 12.1. The summed E-state index contributed by atoms with van der Waals surface area (Å²) in [6.07, 6.45) is 9.31. The van der Waals surface area contributed by atoms with Crippen LogP contribution in [-0.4, -0.2) is 16.5 Å². The summed E-state index contributed by atoms with van der Waals surface area (Å²) in [5.74, 6) is 0.361. The summed E-state index contributed by atoms with van der Waals surface area (Å²) < 4.78 is 0. The minimum atomic E-state index is -1.23. The Hall–Kier alpha value is -1.38. The summed E-state index contributed by atoms with van der Waals surface area (Å²) in [7, 11) is 0. The highest BCUT2D eigenvalue weighted by atomic mass is 35.5. The third kappa shape index (κ3) is 1.90. The lowest BCUT2D eigenvalue weighted by molar-refractivity contribution is -0.150. The number of hydrogen-bond donors (Lipinski definition) is 1. The molecule has 1 N–H and O–H groups in total. The number of aliphatic hydroxyl groups is 1. The molecule has 0 radical (unpaired) electrons. The molecule has 2 saturated carbocycles. The molecule has 2 nitrogen and oxygen atoms in total. The molecule has 0 spiro atoms. The second-order valence-corrected chi connectivity index (χ2v) is 9.37. The number of halogens is 1. The summed E-state index contributed by atoms with van der Waals surface area (Å²) in [4.78, 5) is 12.3. The number of ketones is 1. The fraction of sp³-hybridized carbons (Fsp3) is 0.522. The maximum Gasteiger partial charge on any atom is 0.161 e. The van der Waals surface area contributed by atoms with Gasteiger partial charge in [0.15, 0.2) is 5.78 Å². The molecule has 0 bridgehead atoms. The summed E-state index contributed by atoms with van der Waals surface area (Å²) in [6, 6.07) is 0. The number of hydrogen-bond acceptors (Lipinski definition) is 2. The Bertz CT molecular complexity index is 844. The molecule has 0 amide bonds. The van der Waals surface area contributed by atoms with Crippen LogP contribution in [0.25, 0.3) is 0 Å². The fourth-order valence-electron chi connectivity index (χ4n) is 6.32. The van der Waals surface area contributed by atoms with E-state index in [4.69, 9.17) is 11.6 Å². The quantitative estimate of drug-likeness (QED) is 0.684. The molecule has 0 aromatic rings. The first-order valence-corrected chi connectivity index (χ1v) is 9.87. The smallest absolute Gasteiger partial charge is 0.161 e. The molecule has 26 heavy (non-hydrogen) atoms. The first kappa shape index (κ1) is 18.0. The molecule has 4 rings (SSSR count). The van der Waals surface area contributed by atoms with Crippen molar-refractivity contribution in [1.82, 2.24) is 0 Å². The van der Waals surface area contributed by atoms with Crippen molar-refractivity contribution in [3.8, 4) is 0 Å². The second-order valence-electron chi connectivity index (χ2n) is 8.96. The standard InChI is InChI=1S/C23H27ClO2/c1-13-6-7-19-20(24)12-16-17-9-11-23(26,15(3)25)21(17,4)10-8-18(16)22(19,5)14(13)2/h6-7,12,17-18,26H,1-2,8-11H2,3-5H3/t17-,18-,21-,22+,23-/m0/s1. The molecule has 4 aliphatic rings. The first-order valence-electron chi connectivity index (χ1n) is 9.49. The van der Waals surface area contributed by atoms with E-state index in [1.165, 1.54) is 12.5 Å². The van der Waals surface area contributed by atoms with Crippen LogP contribution in [0.1, 0.15) is 46.5 Å². The van der Waals surface area contributed by atoms with Crippen LogP contribution in [-0.2, 0) is 4.79 Å². The molecule has 0 aromatic carbocycles. The maximum atomic E-state index is 12.3. The normalized spacial score (nSPS) is 44.4. The number of rotatable bonds is 1. The average molecular weight is 371 g/mol. The molecule has 0 heterocycles. The summed E-state index contributed by atoms with van der Waals surface area (Å²) in [6.45, 7) is 14.4. The van der Waals surface area contributed by atoms with E-state index in [0.717, 1.165) is 41.0 Å². The molecular formula is C23H27ClO2. The number of carbonyl (C=O) groups excluding carboxylic acids is 1. The Morgan fingerprint density at radius 1 is 1.19 bits per heavy atom. The van der Waals surface area contributed by atoms with Gasteiger partial charge in [-0.05, 0) is 67.2 Å². The second kappa shape index (κ2) is 5.33. The van der Waals surface area contributed by atoms with Crippen molar-refractivity contribution in [3.05, 3.63) is 58.7 Å². The van der Waals surface area contributed by atoms with Gasteiger partial charge in [0.1, 0.15) is 5.60 Å². The zero-order valence-electron chi connectivity index (χ0n) is 15.9. The van der Waals surface area contributed by atoms with Gasteiger partial charge in [0, 0.05) is 15.9 Å². The zero-order valence-corrected chi connectivity index (χ0v) is 16.6. The largest absolute Gasteiger partial charge is 0.381 e. The highest BCUT2D eigenvalue weighted by Crippen LogP contribution is 2.67. The molecule has 0 saturated heterocycles. The van der Waals surface area contributed by atoms with Crippen LogP contribution in [0.15, 0.2) is 58.7 Å². The number of allylic oxidation sites excluding steroid dienone is 8. The van der Waals surface area contributed by atoms with Crippen molar-refractivity contribution in [1.29, 1.82) is 0 Å². The van der Waals surface area contributed by atoms with Gasteiger partial charge < -0.3 is 5.11 Å². The van der Waals surface area contributed by atoms with E-state index in [1.807, 2.05) is 6.08 Å². The van der Waals surface area contributed by atoms with Gasteiger partial charge in [0.05, 0.1) is 0 Å². The molecule has 5 atom stereocenters. The van der Waals surface area contributed by atoms with Crippen molar-refractivity contribution in [2.24, 2.45) is 22.7 Å². The third-order valence-electron chi connectivity index (χ3n) is 8.12. The van der Waals surface area contributed by atoms with Gasteiger partial charge in [-0.2, -0.15) is 0 Å². The summed E-state index contributed by atoms with van der Waals surface area (Å²) in [5.41, 5.74) is 2.49. The minimum Gasteiger partial charge on any atom is -0.381 e. The van der Waals surface area contributed by atoms with Crippen molar-refractivity contribution in [2.75, 3.05) is 0 Å². The van der Waals surface area contributed by atoms with E-state index < -0.39 is 11.0 Å². The predicted molar refractivity (Wildman–Crippen MR) is 106 cm³/mol.